The summed E-state index contributed by atoms with van der Waals surface area (Å²) in [6.07, 6.45) is 13.3. The number of carbonyl (C=O) groups is 2. The molecule has 1 aliphatic carbocycles. The third-order valence-corrected chi connectivity index (χ3v) is 11.6. The molecule has 2 unspecified atom stereocenters. The van der Waals surface area contributed by atoms with E-state index in [2.05, 4.69) is 59.5 Å². The van der Waals surface area contributed by atoms with Crippen molar-refractivity contribution in [3.63, 3.8) is 0 Å². The van der Waals surface area contributed by atoms with Gasteiger partial charge in [-0.1, -0.05) is 59.1 Å². The van der Waals surface area contributed by atoms with E-state index in [1.165, 1.54) is 30.9 Å². The van der Waals surface area contributed by atoms with Gasteiger partial charge in [-0.15, -0.1) is 5.73 Å². The molecule has 0 aromatic rings. The predicted octanol–water partition coefficient (Wildman–Crippen LogP) is 7.46. The van der Waals surface area contributed by atoms with Crippen molar-refractivity contribution in [2.45, 2.75) is 117 Å². The van der Waals surface area contributed by atoms with Crippen LogP contribution in [0.2, 0.25) is 18.1 Å². The summed E-state index contributed by atoms with van der Waals surface area (Å²) in [5.41, 5.74) is 4.19. The zero-order chi connectivity index (χ0) is 24.4. The number of Topliss-reactive ketones (excluding diaryl/α,β-unsaturated/α-hetero) is 1. The zero-order valence-electron chi connectivity index (χ0n) is 21.5. The van der Waals surface area contributed by atoms with E-state index in [1.54, 1.807) is 0 Å². The van der Waals surface area contributed by atoms with E-state index in [-0.39, 0.29) is 23.5 Å². The van der Waals surface area contributed by atoms with Crippen LogP contribution in [0.1, 0.15) is 92.4 Å². The number of hydrogen-bond donors (Lipinski definition) is 1. The Bertz CT molecular complexity index is 708. The smallest absolute Gasteiger partial charge is 0.307 e. The SMILES string of the molecule is CCCCC(C)C(CCC1=CCC(=O)[C@@H]1CCC=C=CCC(=O)O)O[Si](C)(C)C(C)(C)C. The van der Waals surface area contributed by atoms with Crippen LogP contribution in [0, 0.1) is 11.8 Å². The van der Waals surface area contributed by atoms with Gasteiger partial charge in [0.15, 0.2) is 8.32 Å². The molecule has 0 aliphatic heterocycles. The average Bonchev–Trinajstić information content (AvgIpc) is 3.04. The number of hydrogen-bond acceptors (Lipinski definition) is 3. The number of aliphatic carboxylic acids is 1. The minimum Gasteiger partial charge on any atom is -0.481 e. The molecule has 0 bridgehead atoms. The quantitative estimate of drug-likeness (QED) is 0.165. The maximum Gasteiger partial charge on any atom is 0.307 e. The van der Waals surface area contributed by atoms with Crippen LogP contribution in [0.5, 0.6) is 0 Å². The van der Waals surface area contributed by atoms with Gasteiger partial charge in [0.1, 0.15) is 5.78 Å². The number of rotatable bonds is 14. The summed E-state index contributed by atoms with van der Waals surface area (Å²) < 4.78 is 6.89. The van der Waals surface area contributed by atoms with E-state index in [1.807, 2.05) is 6.08 Å². The summed E-state index contributed by atoms with van der Waals surface area (Å²) in [5.74, 6) is -0.0388. The van der Waals surface area contributed by atoms with Gasteiger partial charge < -0.3 is 9.53 Å². The Labute approximate surface area is 197 Å². The molecule has 0 aromatic carbocycles. The summed E-state index contributed by atoms with van der Waals surface area (Å²) in [6.45, 7) is 16.1. The molecule has 32 heavy (non-hydrogen) atoms. The van der Waals surface area contributed by atoms with E-state index >= 15 is 0 Å². The highest BCUT2D eigenvalue weighted by Crippen LogP contribution is 2.40. The predicted molar refractivity (Wildman–Crippen MR) is 135 cm³/mol. The van der Waals surface area contributed by atoms with Gasteiger partial charge in [0.25, 0.3) is 0 Å². The standard InChI is InChI=1S/C27H46O4Si/c1-8-9-14-21(2)25(31-32(6,7)27(3,4)5)20-18-22-17-19-24(28)23(22)15-12-10-11-13-16-26(29)30/h10,13,17,21,23,25H,8-9,12,14-16,18-20H2,1-7H3,(H,29,30)/t11?,21?,23-,25?/m1/s1. The van der Waals surface area contributed by atoms with Gasteiger partial charge in [-0.2, -0.15) is 0 Å². The van der Waals surface area contributed by atoms with Crippen molar-refractivity contribution < 1.29 is 19.1 Å². The van der Waals surface area contributed by atoms with Crippen molar-refractivity contribution in [1.82, 2.24) is 0 Å². The molecule has 1 N–H and O–H groups in total. The lowest BCUT2D eigenvalue weighted by Gasteiger charge is -2.41. The Balaban J connectivity index is 2.77. The lowest BCUT2D eigenvalue weighted by atomic mass is 9.88. The fourth-order valence-electron chi connectivity index (χ4n) is 3.94. The maximum absolute atomic E-state index is 12.5. The Morgan fingerprint density at radius 3 is 2.59 bits per heavy atom. The largest absolute Gasteiger partial charge is 0.481 e. The van der Waals surface area contributed by atoms with E-state index in [0.29, 0.717) is 18.1 Å². The molecule has 0 amide bonds. The normalized spacial score (nSPS) is 18.7. The molecule has 0 heterocycles. The van der Waals surface area contributed by atoms with Gasteiger partial charge in [-0.3, -0.25) is 9.59 Å². The molecule has 3 atom stereocenters. The number of allylic oxidation sites excluding steroid dienone is 2. The topological polar surface area (TPSA) is 63.6 Å². The molecule has 0 spiro atoms. The molecule has 0 saturated heterocycles. The Kier molecular flexibility index (Phi) is 11.9. The van der Waals surface area contributed by atoms with Crippen LogP contribution in [0.25, 0.3) is 0 Å². The lowest BCUT2D eigenvalue weighted by Crippen LogP contribution is -2.45. The number of unbranched alkanes of at least 4 members (excludes halogenated alkanes) is 1. The lowest BCUT2D eigenvalue weighted by molar-refractivity contribution is -0.136. The fourth-order valence-corrected chi connectivity index (χ4v) is 5.40. The van der Waals surface area contributed by atoms with Crippen LogP contribution >= 0.6 is 0 Å². The van der Waals surface area contributed by atoms with Gasteiger partial charge in [0, 0.05) is 18.4 Å². The molecule has 0 fully saturated rings. The third-order valence-electron chi connectivity index (χ3n) is 7.13. The number of ketones is 1. The molecule has 182 valence electrons. The van der Waals surface area contributed by atoms with E-state index in [0.717, 1.165) is 25.7 Å². The van der Waals surface area contributed by atoms with Crippen LogP contribution in [0.3, 0.4) is 0 Å². The molecule has 4 nitrogen and oxygen atoms in total. The highest BCUT2D eigenvalue weighted by molar-refractivity contribution is 6.74. The van der Waals surface area contributed by atoms with Crippen molar-refractivity contribution in [2.75, 3.05) is 0 Å². The maximum atomic E-state index is 12.5. The second-order valence-electron chi connectivity index (χ2n) is 10.8. The van der Waals surface area contributed by atoms with Crippen LogP contribution in [-0.2, 0) is 14.0 Å². The zero-order valence-corrected chi connectivity index (χ0v) is 22.5. The van der Waals surface area contributed by atoms with Crippen LogP contribution in [-0.4, -0.2) is 31.3 Å². The van der Waals surface area contributed by atoms with Gasteiger partial charge in [-0.25, -0.2) is 0 Å². The second kappa shape index (κ2) is 13.3. The molecule has 1 rings (SSSR count). The fraction of sp³-hybridized carbons (Fsp3) is 0.741. The monoisotopic (exact) mass is 462 g/mol. The second-order valence-corrected chi connectivity index (χ2v) is 15.6. The van der Waals surface area contributed by atoms with Gasteiger partial charge in [0.05, 0.1) is 6.42 Å². The van der Waals surface area contributed by atoms with Crippen LogP contribution in [0.4, 0.5) is 0 Å². The first-order valence-electron chi connectivity index (χ1n) is 12.4. The molecular formula is C27H46O4Si. The average molecular weight is 463 g/mol. The first-order chi connectivity index (χ1) is 14.9. The van der Waals surface area contributed by atoms with Gasteiger partial charge in [0.2, 0.25) is 0 Å². The van der Waals surface area contributed by atoms with E-state index < -0.39 is 14.3 Å². The van der Waals surface area contributed by atoms with Crippen LogP contribution < -0.4 is 0 Å². The first kappa shape index (κ1) is 28.6. The Morgan fingerprint density at radius 2 is 2.00 bits per heavy atom. The minimum absolute atomic E-state index is 0.00741. The molecule has 1 aliphatic rings. The summed E-state index contributed by atoms with van der Waals surface area (Å²) in [5, 5.41) is 8.85. The first-order valence-corrected chi connectivity index (χ1v) is 15.3. The number of carboxylic acids is 1. The van der Waals surface area contributed by atoms with Gasteiger partial charge in [-0.05, 0) is 68.3 Å². The minimum atomic E-state index is -1.86. The number of carbonyl (C=O) groups excluding carboxylic acids is 1. The van der Waals surface area contributed by atoms with Crippen molar-refractivity contribution in [3.05, 3.63) is 29.5 Å². The molecule has 0 radical (unpaired) electrons. The molecule has 5 heteroatoms. The van der Waals surface area contributed by atoms with Crippen LogP contribution in [0.15, 0.2) is 29.5 Å². The summed E-state index contributed by atoms with van der Waals surface area (Å²) in [6, 6.07) is 0. The number of carboxylic acid groups (broad SMARTS) is 1. The highest BCUT2D eigenvalue weighted by atomic mass is 28.4. The molecule has 0 aromatic heterocycles. The third kappa shape index (κ3) is 9.60. The van der Waals surface area contributed by atoms with Crippen molar-refractivity contribution in [3.8, 4) is 0 Å². The van der Waals surface area contributed by atoms with E-state index in [9.17, 15) is 9.59 Å². The van der Waals surface area contributed by atoms with Crippen molar-refractivity contribution >= 4 is 20.1 Å². The van der Waals surface area contributed by atoms with Crippen molar-refractivity contribution in [2.24, 2.45) is 11.8 Å². The highest BCUT2D eigenvalue weighted by Gasteiger charge is 2.40. The van der Waals surface area contributed by atoms with Crippen molar-refractivity contribution in [1.29, 1.82) is 0 Å². The Hall–Kier alpha value is -1.42. The summed E-state index contributed by atoms with van der Waals surface area (Å²) in [4.78, 5) is 23.0. The van der Waals surface area contributed by atoms with Gasteiger partial charge >= 0.3 is 5.97 Å². The summed E-state index contributed by atoms with van der Waals surface area (Å²) in [7, 11) is -1.86. The molecular weight excluding hydrogens is 416 g/mol. The van der Waals surface area contributed by atoms with E-state index in [4.69, 9.17) is 9.53 Å². The molecule has 0 saturated carbocycles. The Morgan fingerprint density at radius 1 is 1.31 bits per heavy atom. The summed E-state index contributed by atoms with van der Waals surface area (Å²) >= 11 is 0.